The van der Waals surface area contributed by atoms with Crippen LogP contribution in [0.3, 0.4) is 0 Å². The number of hydrogen-bond acceptors (Lipinski definition) is 7. The Bertz CT molecular complexity index is 458. The van der Waals surface area contributed by atoms with E-state index in [-0.39, 0.29) is 11.5 Å². The van der Waals surface area contributed by atoms with Crippen LogP contribution in [0.15, 0.2) is 6.33 Å². The molecule has 8 heteroatoms. The Kier molecular flexibility index (Phi) is 4.10. The van der Waals surface area contributed by atoms with Crippen LogP contribution in [0.25, 0.3) is 0 Å². The molecule has 19 heavy (non-hydrogen) atoms. The Labute approximate surface area is 111 Å². The van der Waals surface area contributed by atoms with Crippen LogP contribution in [-0.2, 0) is 0 Å². The van der Waals surface area contributed by atoms with Gasteiger partial charge in [-0.2, -0.15) is 0 Å². The highest BCUT2D eigenvalue weighted by atomic mass is 16.6. The monoisotopic (exact) mass is 266 g/mol. The van der Waals surface area contributed by atoms with Gasteiger partial charge in [-0.3, -0.25) is 10.1 Å². The highest BCUT2D eigenvalue weighted by molar-refractivity contribution is 5.69. The van der Waals surface area contributed by atoms with Crippen molar-refractivity contribution < 1.29 is 4.92 Å². The normalized spacial score (nSPS) is 16.4. The largest absolute Gasteiger partial charge is 0.354 e. The van der Waals surface area contributed by atoms with Gasteiger partial charge in [0.1, 0.15) is 6.33 Å². The van der Waals surface area contributed by atoms with E-state index in [9.17, 15) is 10.1 Å². The third-order valence-corrected chi connectivity index (χ3v) is 3.61. The molecule has 1 aliphatic rings. The van der Waals surface area contributed by atoms with Crippen LogP contribution in [0.4, 0.5) is 17.3 Å². The maximum absolute atomic E-state index is 11.2. The molecule has 8 nitrogen and oxygen atoms in total. The molecule has 3 N–H and O–H groups in total. The molecule has 0 saturated carbocycles. The summed E-state index contributed by atoms with van der Waals surface area (Å²) >= 11 is 0. The van der Waals surface area contributed by atoms with Gasteiger partial charge in [0.05, 0.1) is 4.92 Å². The molecule has 0 radical (unpaired) electrons. The molecule has 2 heterocycles. The maximum atomic E-state index is 11.2. The van der Waals surface area contributed by atoms with Crippen LogP contribution in [-0.4, -0.2) is 28.0 Å². The average Bonchev–Trinajstić information content (AvgIpc) is 2.46. The second-order valence-electron chi connectivity index (χ2n) is 4.63. The van der Waals surface area contributed by atoms with Crippen LogP contribution >= 0.6 is 0 Å². The van der Waals surface area contributed by atoms with Crippen LogP contribution in [0.2, 0.25) is 0 Å². The van der Waals surface area contributed by atoms with E-state index < -0.39 is 4.92 Å². The van der Waals surface area contributed by atoms with Gasteiger partial charge in [-0.15, -0.1) is 0 Å². The first-order valence-corrected chi connectivity index (χ1v) is 6.38. The first-order valence-electron chi connectivity index (χ1n) is 6.38. The predicted molar refractivity (Wildman–Crippen MR) is 71.7 cm³/mol. The number of nitrogens with one attached hydrogen (secondary N) is 1. The lowest BCUT2D eigenvalue weighted by atomic mass is 9.94. The van der Waals surface area contributed by atoms with Crippen LogP contribution in [0.5, 0.6) is 0 Å². The minimum atomic E-state index is -0.490. The van der Waals surface area contributed by atoms with Crippen molar-refractivity contribution >= 4 is 17.3 Å². The number of nitrogens with two attached hydrogens (primary N) is 1. The van der Waals surface area contributed by atoms with E-state index in [1.54, 1.807) is 0 Å². The molecular weight excluding hydrogens is 248 g/mol. The van der Waals surface area contributed by atoms with E-state index in [1.165, 1.54) is 6.33 Å². The summed E-state index contributed by atoms with van der Waals surface area (Å²) in [4.78, 5) is 20.5. The van der Waals surface area contributed by atoms with E-state index in [0.29, 0.717) is 11.7 Å². The average molecular weight is 266 g/mol. The topological polar surface area (TPSA) is 110 Å². The lowest BCUT2D eigenvalue weighted by Crippen LogP contribution is -2.34. The number of aromatic nitrogens is 2. The van der Waals surface area contributed by atoms with Crippen molar-refractivity contribution in [3.8, 4) is 0 Å². The van der Waals surface area contributed by atoms with Crippen molar-refractivity contribution in [3.63, 3.8) is 0 Å². The Morgan fingerprint density at radius 3 is 2.74 bits per heavy atom. The summed E-state index contributed by atoms with van der Waals surface area (Å²) in [5.74, 6) is 6.36. The number of nitrogens with zero attached hydrogens (tertiary/aromatic N) is 4. The summed E-state index contributed by atoms with van der Waals surface area (Å²) in [5.41, 5.74) is 2.10. The third-order valence-electron chi connectivity index (χ3n) is 3.61. The summed E-state index contributed by atoms with van der Waals surface area (Å²) < 4.78 is 0. The zero-order valence-corrected chi connectivity index (χ0v) is 10.9. The van der Waals surface area contributed by atoms with E-state index >= 15 is 0 Å². The lowest BCUT2D eigenvalue weighted by molar-refractivity contribution is -0.383. The van der Waals surface area contributed by atoms with Gasteiger partial charge in [0.15, 0.2) is 0 Å². The maximum Gasteiger partial charge on any atom is 0.354 e. The molecule has 0 bridgehead atoms. The fourth-order valence-electron chi connectivity index (χ4n) is 2.43. The van der Waals surface area contributed by atoms with Gasteiger partial charge in [0.25, 0.3) is 0 Å². The summed E-state index contributed by atoms with van der Waals surface area (Å²) in [7, 11) is 0. The van der Waals surface area contributed by atoms with Crippen molar-refractivity contribution in [2.24, 2.45) is 11.8 Å². The molecular formula is C11H18N6O2. The van der Waals surface area contributed by atoms with E-state index in [2.05, 4.69) is 22.3 Å². The molecule has 0 atom stereocenters. The minimum Gasteiger partial charge on any atom is -0.351 e. The number of anilines is 2. The summed E-state index contributed by atoms with van der Waals surface area (Å²) in [5, 5.41) is 11.2. The molecule has 1 saturated heterocycles. The third kappa shape index (κ3) is 2.73. The fraction of sp³-hybridized carbons (Fsp3) is 0.636. The molecule has 1 fully saturated rings. The predicted octanol–water partition coefficient (Wildman–Crippen LogP) is 1.30. The summed E-state index contributed by atoms with van der Waals surface area (Å²) in [6.45, 7) is 3.73. The second-order valence-corrected chi connectivity index (χ2v) is 4.63. The van der Waals surface area contributed by atoms with Crippen LogP contribution in [0, 0.1) is 16.0 Å². The van der Waals surface area contributed by atoms with Crippen molar-refractivity contribution in [2.45, 2.75) is 26.2 Å². The SMILES string of the molecule is CCC1CCN(c2ncnc(NN)c2[N+](=O)[O-])CC1. The Balaban J connectivity index is 2.27. The molecule has 0 aromatic carbocycles. The summed E-state index contributed by atoms with van der Waals surface area (Å²) in [6, 6.07) is 0. The number of piperidine rings is 1. The first-order chi connectivity index (χ1) is 9.17. The van der Waals surface area contributed by atoms with Crippen molar-refractivity contribution in [2.75, 3.05) is 23.4 Å². The standard InChI is InChI=1S/C11H18N6O2/c1-2-8-3-5-16(6-4-8)11-9(17(18)19)10(15-12)13-7-14-11/h7-8H,2-6,12H2,1H3,(H,13,14,15). The van der Waals surface area contributed by atoms with Gasteiger partial charge in [0, 0.05) is 13.1 Å². The van der Waals surface area contributed by atoms with Gasteiger partial charge < -0.3 is 10.3 Å². The van der Waals surface area contributed by atoms with E-state index in [4.69, 9.17) is 5.84 Å². The zero-order chi connectivity index (χ0) is 13.8. The quantitative estimate of drug-likeness (QED) is 0.480. The van der Waals surface area contributed by atoms with Crippen molar-refractivity contribution in [1.29, 1.82) is 0 Å². The van der Waals surface area contributed by atoms with Crippen molar-refractivity contribution in [3.05, 3.63) is 16.4 Å². The molecule has 0 amide bonds. The van der Waals surface area contributed by atoms with Gasteiger partial charge in [-0.25, -0.2) is 15.8 Å². The van der Waals surface area contributed by atoms with Gasteiger partial charge >= 0.3 is 5.69 Å². The first kappa shape index (κ1) is 13.5. The van der Waals surface area contributed by atoms with Gasteiger partial charge in [0.2, 0.25) is 11.6 Å². The molecule has 0 spiro atoms. The fourth-order valence-corrected chi connectivity index (χ4v) is 2.43. The Morgan fingerprint density at radius 2 is 2.21 bits per heavy atom. The van der Waals surface area contributed by atoms with E-state index in [0.717, 1.165) is 32.4 Å². The zero-order valence-electron chi connectivity index (χ0n) is 10.9. The smallest absolute Gasteiger partial charge is 0.351 e. The molecule has 0 unspecified atom stereocenters. The van der Waals surface area contributed by atoms with Crippen molar-refractivity contribution in [1.82, 2.24) is 9.97 Å². The molecule has 2 rings (SSSR count). The Morgan fingerprint density at radius 1 is 1.53 bits per heavy atom. The second kappa shape index (κ2) is 5.79. The lowest BCUT2D eigenvalue weighted by Gasteiger charge is -2.31. The summed E-state index contributed by atoms with van der Waals surface area (Å²) in [6.07, 6.45) is 4.50. The molecule has 1 aromatic rings. The highest BCUT2D eigenvalue weighted by Crippen LogP contribution is 2.33. The number of nitro groups is 1. The van der Waals surface area contributed by atoms with E-state index in [1.807, 2.05) is 4.90 Å². The highest BCUT2D eigenvalue weighted by Gasteiger charge is 2.29. The number of rotatable bonds is 4. The van der Waals surface area contributed by atoms with Gasteiger partial charge in [-0.05, 0) is 18.8 Å². The van der Waals surface area contributed by atoms with Crippen LogP contribution in [0.1, 0.15) is 26.2 Å². The minimum absolute atomic E-state index is 0.0487. The molecule has 104 valence electrons. The van der Waals surface area contributed by atoms with Crippen LogP contribution < -0.4 is 16.2 Å². The Hall–Kier alpha value is -1.96. The molecule has 1 aromatic heterocycles. The number of hydrogen-bond donors (Lipinski definition) is 2. The van der Waals surface area contributed by atoms with Gasteiger partial charge in [-0.1, -0.05) is 13.3 Å². The molecule has 1 aliphatic heterocycles. The number of nitrogen functional groups attached to an aromatic ring is 1. The molecule has 0 aliphatic carbocycles. The number of hydrazine groups is 1.